The number of benzene rings is 1. The second kappa shape index (κ2) is 11.6. The van der Waals surface area contributed by atoms with Crippen LogP contribution in [0.15, 0.2) is 29.2 Å². The van der Waals surface area contributed by atoms with E-state index in [9.17, 15) is 18.0 Å². The van der Waals surface area contributed by atoms with E-state index >= 15 is 0 Å². The zero-order chi connectivity index (χ0) is 26.7. The van der Waals surface area contributed by atoms with Gasteiger partial charge in [-0.3, -0.25) is 14.5 Å². The number of nitrogens with zero attached hydrogens (tertiary/aromatic N) is 3. The first-order chi connectivity index (χ1) is 17.7. The molecule has 0 saturated carbocycles. The molecule has 2 aliphatic heterocycles. The lowest BCUT2D eigenvalue weighted by molar-refractivity contribution is 0.0772. The highest BCUT2D eigenvalue weighted by Crippen LogP contribution is 2.38. The van der Waals surface area contributed by atoms with Gasteiger partial charge in [0.1, 0.15) is 5.00 Å². The smallest absolute Gasteiger partial charge is 0.257 e. The van der Waals surface area contributed by atoms with Crippen molar-refractivity contribution in [2.75, 3.05) is 44.6 Å². The summed E-state index contributed by atoms with van der Waals surface area (Å²) < 4.78 is 27.6. The number of fused-ring (bicyclic) bond motifs is 1. The summed E-state index contributed by atoms with van der Waals surface area (Å²) >= 11 is 1.47. The average Bonchev–Trinajstić information content (AvgIpc) is 3.26. The molecule has 4 rings (SSSR count). The Morgan fingerprint density at radius 1 is 1.05 bits per heavy atom. The quantitative estimate of drug-likeness (QED) is 0.534. The average molecular weight is 547 g/mol. The Hall–Kier alpha value is -2.27. The van der Waals surface area contributed by atoms with Crippen LogP contribution >= 0.6 is 11.3 Å². The molecule has 8 nitrogen and oxygen atoms in total. The van der Waals surface area contributed by atoms with Gasteiger partial charge in [-0.15, -0.1) is 11.3 Å². The van der Waals surface area contributed by atoms with Crippen molar-refractivity contribution in [2.45, 2.75) is 58.4 Å². The molecule has 10 heteroatoms. The van der Waals surface area contributed by atoms with Crippen molar-refractivity contribution in [3.05, 3.63) is 45.8 Å². The number of sulfonamides is 1. The van der Waals surface area contributed by atoms with Crippen molar-refractivity contribution < 1.29 is 18.0 Å². The molecular weight excluding hydrogens is 508 g/mol. The van der Waals surface area contributed by atoms with Crippen LogP contribution in [0.1, 0.15) is 71.7 Å². The first-order valence-electron chi connectivity index (χ1n) is 13.3. The third-order valence-electron chi connectivity index (χ3n) is 7.57. The first-order valence-corrected chi connectivity index (χ1v) is 15.5. The van der Waals surface area contributed by atoms with Gasteiger partial charge in [-0.05, 0) is 75.4 Å². The van der Waals surface area contributed by atoms with Crippen LogP contribution in [0.3, 0.4) is 0 Å². The lowest BCUT2D eigenvalue weighted by Gasteiger charge is -2.29. The normalized spacial score (nSPS) is 17.4. The Morgan fingerprint density at radius 3 is 2.30 bits per heavy atom. The molecule has 1 aromatic heterocycles. The largest absolute Gasteiger partial charge is 0.339 e. The molecule has 1 fully saturated rings. The van der Waals surface area contributed by atoms with E-state index < -0.39 is 10.0 Å². The van der Waals surface area contributed by atoms with E-state index in [1.165, 1.54) is 27.8 Å². The highest BCUT2D eigenvalue weighted by molar-refractivity contribution is 7.89. The molecule has 1 aromatic carbocycles. The van der Waals surface area contributed by atoms with Gasteiger partial charge in [0.25, 0.3) is 11.8 Å². The zero-order valence-electron chi connectivity index (χ0n) is 22.2. The summed E-state index contributed by atoms with van der Waals surface area (Å²) in [5.41, 5.74) is 2.00. The number of nitrogens with one attached hydrogen (secondary N) is 1. The molecule has 0 aliphatic carbocycles. The van der Waals surface area contributed by atoms with Gasteiger partial charge in [0.2, 0.25) is 10.0 Å². The van der Waals surface area contributed by atoms with Crippen molar-refractivity contribution in [1.82, 2.24) is 14.1 Å². The van der Waals surface area contributed by atoms with Crippen molar-refractivity contribution in [3.8, 4) is 0 Å². The summed E-state index contributed by atoms with van der Waals surface area (Å²) in [4.78, 5) is 32.1. The minimum Gasteiger partial charge on any atom is -0.339 e. The molecule has 2 aromatic rings. The Bertz CT molecular complexity index is 1230. The standard InChI is InChI=1S/C27H38N4O4S2/c1-5-29-15-14-22-23(18-29)36-26(24(22)27(33)30(6-2)7-3)28-25(32)20-8-10-21(11-9-20)37(34,35)31-16-12-19(4)13-17-31/h8-11,19H,5-7,12-18H2,1-4H3,(H,28,32). The lowest BCUT2D eigenvalue weighted by Crippen LogP contribution is -2.37. The Balaban J connectivity index is 1.57. The fourth-order valence-electron chi connectivity index (χ4n) is 5.04. The highest BCUT2D eigenvalue weighted by Gasteiger charge is 2.31. The van der Waals surface area contributed by atoms with E-state index in [-0.39, 0.29) is 16.7 Å². The van der Waals surface area contributed by atoms with E-state index in [1.54, 1.807) is 17.0 Å². The van der Waals surface area contributed by atoms with Crippen molar-refractivity contribution >= 4 is 38.2 Å². The summed E-state index contributed by atoms with van der Waals surface area (Å²) in [5.74, 6) is 0.124. The zero-order valence-corrected chi connectivity index (χ0v) is 23.9. The molecule has 0 unspecified atom stereocenters. The highest BCUT2D eigenvalue weighted by atomic mass is 32.2. The molecule has 0 spiro atoms. The van der Waals surface area contributed by atoms with Crippen molar-refractivity contribution in [3.63, 3.8) is 0 Å². The maximum absolute atomic E-state index is 13.5. The monoisotopic (exact) mass is 546 g/mol. The van der Waals surface area contributed by atoms with Gasteiger partial charge in [-0.25, -0.2) is 8.42 Å². The Morgan fingerprint density at radius 2 is 1.70 bits per heavy atom. The molecule has 0 atom stereocenters. The summed E-state index contributed by atoms with van der Waals surface area (Å²) in [5, 5.41) is 3.55. The molecule has 0 bridgehead atoms. The maximum Gasteiger partial charge on any atom is 0.257 e. The minimum absolute atomic E-state index is 0.0555. The van der Waals surface area contributed by atoms with Crippen LogP contribution in [0.4, 0.5) is 5.00 Å². The molecule has 3 heterocycles. The van der Waals surface area contributed by atoms with Crippen molar-refractivity contribution in [2.24, 2.45) is 5.92 Å². The van der Waals surface area contributed by atoms with Gasteiger partial charge in [0, 0.05) is 49.7 Å². The minimum atomic E-state index is -3.58. The third-order valence-corrected chi connectivity index (χ3v) is 10.6. The summed E-state index contributed by atoms with van der Waals surface area (Å²) in [7, 11) is -3.58. The first kappa shape index (κ1) is 27.8. The van der Waals surface area contributed by atoms with Crippen LogP contribution in [0.2, 0.25) is 0 Å². The van der Waals surface area contributed by atoms with Crippen LogP contribution in [-0.4, -0.2) is 73.6 Å². The predicted molar refractivity (Wildman–Crippen MR) is 148 cm³/mol. The molecule has 2 amide bonds. The van der Waals surface area contributed by atoms with Crippen LogP contribution in [-0.2, 0) is 23.0 Å². The fraction of sp³-hybridized carbons (Fsp3) is 0.556. The molecular formula is C27H38N4O4S2. The molecule has 1 N–H and O–H groups in total. The number of carbonyl (C=O) groups excluding carboxylic acids is 2. The molecule has 202 valence electrons. The number of rotatable bonds is 8. The molecule has 37 heavy (non-hydrogen) atoms. The van der Waals surface area contributed by atoms with Crippen LogP contribution in [0, 0.1) is 5.92 Å². The van der Waals surface area contributed by atoms with E-state index in [4.69, 9.17) is 0 Å². The van der Waals surface area contributed by atoms with E-state index in [0.717, 1.165) is 49.3 Å². The second-order valence-corrected chi connectivity index (χ2v) is 12.9. The topological polar surface area (TPSA) is 90.0 Å². The number of likely N-dealkylation sites (N-methyl/N-ethyl adjacent to an activating group) is 1. The summed E-state index contributed by atoms with van der Waals surface area (Å²) in [6.45, 7) is 13.0. The second-order valence-electron chi connectivity index (χ2n) is 9.87. The van der Waals surface area contributed by atoms with Gasteiger partial charge >= 0.3 is 0 Å². The number of piperidine rings is 1. The number of hydrogen-bond donors (Lipinski definition) is 1. The van der Waals surface area contributed by atoms with E-state index in [2.05, 4.69) is 24.1 Å². The van der Waals surface area contributed by atoms with Crippen LogP contribution in [0.25, 0.3) is 0 Å². The van der Waals surface area contributed by atoms with Crippen LogP contribution < -0.4 is 5.32 Å². The van der Waals surface area contributed by atoms with Gasteiger partial charge in [-0.1, -0.05) is 13.8 Å². The molecule has 0 radical (unpaired) electrons. The Kier molecular flexibility index (Phi) is 8.73. The van der Waals surface area contributed by atoms with Gasteiger partial charge in [0.05, 0.1) is 10.5 Å². The van der Waals surface area contributed by atoms with Gasteiger partial charge in [0.15, 0.2) is 0 Å². The lowest BCUT2D eigenvalue weighted by atomic mass is 10.0. The molecule has 2 aliphatic rings. The van der Waals surface area contributed by atoms with E-state index in [0.29, 0.717) is 48.2 Å². The number of hydrogen-bond acceptors (Lipinski definition) is 6. The SMILES string of the molecule is CCN1CCc2c(sc(NC(=O)c3ccc(S(=O)(=O)N4CCC(C)CC4)cc3)c2C(=O)N(CC)CC)C1. The number of thiophene rings is 1. The maximum atomic E-state index is 13.5. The fourth-order valence-corrected chi connectivity index (χ4v) is 7.78. The number of carbonyl (C=O) groups is 2. The number of anilines is 1. The van der Waals surface area contributed by atoms with Crippen molar-refractivity contribution in [1.29, 1.82) is 0 Å². The van der Waals surface area contributed by atoms with Gasteiger partial charge in [-0.2, -0.15) is 4.31 Å². The predicted octanol–water partition coefficient (Wildman–Crippen LogP) is 4.28. The van der Waals surface area contributed by atoms with Gasteiger partial charge < -0.3 is 10.2 Å². The summed E-state index contributed by atoms with van der Waals surface area (Å²) in [6.07, 6.45) is 2.49. The van der Waals surface area contributed by atoms with E-state index in [1.807, 2.05) is 13.8 Å². The Labute approximate surface area is 224 Å². The van der Waals surface area contributed by atoms with Crippen LogP contribution in [0.5, 0.6) is 0 Å². The number of amides is 2. The molecule has 1 saturated heterocycles. The summed E-state index contributed by atoms with van der Waals surface area (Å²) in [6, 6.07) is 6.10. The third kappa shape index (κ3) is 5.77.